The van der Waals surface area contributed by atoms with Crippen molar-refractivity contribution in [1.29, 1.82) is 0 Å². The Balaban J connectivity index is 1.66. The lowest BCUT2D eigenvalue weighted by molar-refractivity contribution is -0.115. The summed E-state index contributed by atoms with van der Waals surface area (Å²) in [5, 5.41) is 2.98. The molecule has 1 aliphatic rings. The number of ether oxygens (including phenoxy) is 1. The third-order valence-corrected chi connectivity index (χ3v) is 5.03. The molecule has 0 aromatic heterocycles. The van der Waals surface area contributed by atoms with Crippen LogP contribution in [0.5, 0.6) is 5.75 Å². The van der Waals surface area contributed by atoms with E-state index in [2.05, 4.69) is 10.2 Å². The molecule has 0 fully saturated rings. The van der Waals surface area contributed by atoms with Gasteiger partial charge in [-0.25, -0.2) is 0 Å². The van der Waals surface area contributed by atoms with Crippen LogP contribution in [0, 0.1) is 0 Å². The minimum absolute atomic E-state index is 0.0533. The van der Waals surface area contributed by atoms with Crippen molar-refractivity contribution in [3.8, 4) is 5.75 Å². The molecular weight excluding hydrogens is 374 g/mol. The van der Waals surface area contributed by atoms with E-state index in [-0.39, 0.29) is 5.91 Å². The number of likely N-dealkylation sites (N-methyl/N-ethyl adjacent to an activating group) is 1. The minimum atomic E-state index is -0.445. The predicted octanol–water partition coefficient (Wildman–Crippen LogP) is 4.48. The van der Waals surface area contributed by atoms with Crippen molar-refractivity contribution in [2.24, 2.45) is 4.99 Å². The Morgan fingerprint density at radius 3 is 2.40 bits per heavy atom. The van der Waals surface area contributed by atoms with Crippen LogP contribution in [-0.2, 0) is 4.79 Å². The molecule has 1 atom stereocenters. The van der Waals surface area contributed by atoms with Gasteiger partial charge in [0.1, 0.15) is 18.3 Å². The van der Waals surface area contributed by atoms with Crippen LogP contribution in [0.1, 0.15) is 17.0 Å². The number of hydrogen-bond donors (Lipinski definition) is 1. The Kier molecular flexibility index (Phi) is 5.91. The molecule has 1 heterocycles. The summed E-state index contributed by atoms with van der Waals surface area (Å²) in [6.07, 6.45) is 0. The fraction of sp³-hybridized carbons (Fsp3) is 0.200. The van der Waals surface area contributed by atoms with Crippen molar-refractivity contribution in [1.82, 2.24) is 4.90 Å². The molecule has 5 nitrogen and oxygen atoms in total. The van der Waals surface area contributed by atoms with Crippen molar-refractivity contribution in [3.05, 3.63) is 90.0 Å². The number of fused-ring (bicyclic) bond motifs is 1. The van der Waals surface area contributed by atoms with Crippen LogP contribution in [-0.4, -0.2) is 43.8 Å². The summed E-state index contributed by atoms with van der Waals surface area (Å²) in [5.41, 5.74) is 4.25. The van der Waals surface area contributed by atoms with Gasteiger partial charge in [0.05, 0.1) is 11.4 Å². The lowest BCUT2D eigenvalue weighted by atomic mass is 9.90. The quantitative estimate of drug-likeness (QED) is 0.596. The second kappa shape index (κ2) is 8.93. The number of carbonyl (C=O) groups is 1. The molecule has 1 unspecified atom stereocenters. The molecule has 0 saturated carbocycles. The van der Waals surface area contributed by atoms with E-state index >= 15 is 0 Å². The number of para-hydroxylation sites is 1. The number of amides is 1. The standard InChI is InChI=1S/C25H25N3O2/c1-28(2)16-17-30-20-14-12-19(13-15-20)26-24(18-8-4-3-5-9-18)23-21-10-6-7-11-22(21)27-25(23)29/h3-15,23H,16-17H2,1-2H3,(H,27,29). The average Bonchev–Trinajstić information content (AvgIpc) is 3.09. The van der Waals surface area contributed by atoms with Crippen molar-refractivity contribution in [3.63, 3.8) is 0 Å². The molecule has 3 aromatic carbocycles. The molecule has 30 heavy (non-hydrogen) atoms. The largest absolute Gasteiger partial charge is 0.492 e. The molecule has 1 N–H and O–H groups in total. The first-order chi connectivity index (χ1) is 14.6. The molecule has 5 heteroatoms. The molecule has 4 rings (SSSR count). The Hall–Kier alpha value is -3.44. The van der Waals surface area contributed by atoms with Gasteiger partial charge in [-0.15, -0.1) is 0 Å². The van der Waals surface area contributed by atoms with Gasteiger partial charge >= 0.3 is 0 Å². The van der Waals surface area contributed by atoms with Crippen LogP contribution in [0.15, 0.2) is 83.9 Å². The SMILES string of the molecule is CN(C)CCOc1ccc(N=C(c2ccccc2)C2C(=O)Nc3ccccc32)cc1. The molecule has 0 radical (unpaired) electrons. The van der Waals surface area contributed by atoms with Crippen molar-refractivity contribution in [2.45, 2.75) is 5.92 Å². The second-order valence-corrected chi connectivity index (χ2v) is 7.52. The normalized spacial score (nSPS) is 15.8. The number of nitrogens with one attached hydrogen (secondary N) is 1. The lowest BCUT2D eigenvalue weighted by Crippen LogP contribution is -2.21. The molecular formula is C25H25N3O2. The average molecular weight is 399 g/mol. The zero-order chi connectivity index (χ0) is 20.9. The Morgan fingerprint density at radius 2 is 1.67 bits per heavy atom. The number of aliphatic imine (C=N–C) groups is 1. The van der Waals surface area contributed by atoms with Crippen LogP contribution in [0.4, 0.5) is 11.4 Å². The van der Waals surface area contributed by atoms with Crippen LogP contribution in [0.2, 0.25) is 0 Å². The van der Waals surface area contributed by atoms with Crippen LogP contribution in [0.25, 0.3) is 0 Å². The Labute approximate surface area is 177 Å². The molecule has 0 bridgehead atoms. The monoisotopic (exact) mass is 399 g/mol. The van der Waals surface area contributed by atoms with E-state index in [1.54, 1.807) is 0 Å². The first-order valence-corrected chi connectivity index (χ1v) is 10.0. The third-order valence-electron chi connectivity index (χ3n) is 5.03. The highest BCUT2D eigenvalue weighted by Crippen LogP contribution is 2.36. The van der Waals surface area contributed by atoms with E-state index in [9.17, 15) is 4.79 Å². The topological polar surface area (TPSA) is 53.9 Å². The van der Waals surface area contributed by atoms with E-state index in [0.29, 0.717) is 6.61 Å². The summed E-state index contributed by atoms with van der Waals surface area (Å²) in [7, 11) is 4.03. The molecule has 1 amide bonds. The first-order valence-electron chi connectivity index (χ1n) is 10.0. The number of hydrogen-bond acceptors (Lipinski definition) is 4. The highest BCUT2D eigenvalue weighted by atomic mass is 16.5. The molecule has 3 aromatic rings. The summed E-state index contributed by atoms with van der Waals surface area (Å²) in [6, 6.07) is 25.3. The smallest absolute Gasteiger partial charge is 0.238 e. The lowest BCUT2D eigenvalue weighted by Gasteiger charge is -2.14. The van der Waals surface area contributed by atoms with Gasteiger partial charge in [0.25, 0.3) is 0 Å². The Bertz CT molecular complexity index is 1040. The maximum absolute atomic E-state index is 12.8. The van der Waals surface area contributed by atoms with E-state index in [0.717, 1.165) is 40.5 Å². The second-order valence-electron chi connectivity index (χ2n) is 7.52. The third kappa shape index (κ3) is 4.42. The van der Waals surface area contributed by atoms with E-state index < -0.39 is 5.92 Å². The number of nitrogens with zero attached hydrogens (tertiary/aromatic N) is 2. The van der Waals surface area contributed by atoms with E-state index in [1.807, 2.05) is 93.0 Å². The fourth-order valence-electron chi connectivity index (χ4n) is 3.49. The van der Waals surface area contributed by atoms with Crippen LogP contribution in [0.3, 0.4) is 0 Å². The zero-order valence-corrected chi connectivity index (χ0v) is 17.2. The molecule has 0 aliphatic carbocycles. The molecule has 1 aliphatic heterocycles. The van der Waals surface area contributed by atoms with Crippen molar-refractivity contribution >= 4 is 23.0 Å². The van der Waals surface area contributed by atoms with Gasteiger partial charge in [0.2, 0.25) is 5.91 Å². The van der Waals surface area contributed by atoms with Gasteiger partial charge in [-0.1, -0.05) is 48.5 Å². The predicted molar refractivity (Wildman–Crippen MR) is 121 cm³/mol. The maximum Gasteiger partial charge on any atom is 0.238 e. The number of rotatable bonds is 7. The highest BCUT2D eigenvalue weighted by Gasteiger charge is 2.35. The summed E-state index contributed by atoms with van der Waals surface area (Å²) >= 11 is 0. The zero-order valence-electron chi connectivity index (χ0n) is 17.2. The van der Waals surface area contributed by atoms with Gasteiger partial charge in [-0.2, -0.15) is 0 Å². The summed E-state index contributed by atoms with van der Waals surface area (Å²) < 4.78 is 5.77. The van der Waals surface area contributed by atoms with E-state index in [4.69, 9.17) is 9.73 Å². The number of benzene rings is 3. The first kappa shape index (κ1) is 19.9. The van der Waals surface area contributed by atoms with Crippen molar-refractivity contribution in [2.75, 3.05) is 32.6 Å². The van der Waals surface area contributed by atoms with Crippen LogP contribution >= 0.6 is 0 Å². The van der Waals surface area contributed by atoms with Gasteiger partial charge in [-0.05, 0) is 55.6 Å². The maximum atomic E-state index is 12.8. The summed E-state index contributed by atoms with van der Waals surface area (Å²) in [5.74, 6) is 0.308. The van der Waals surface area contributed by atoms with Crippen molar-refractivity contribution < 1.29 is 9.53 Å². The van der Waals surface area contributed by atoms with Gasteiger partial charge in [0.15, 0.2) is 0 Å². The number of anilines is 1. The summed E-state index contributed by atoms with van der Waals surface area (Å²) in [6.45, 7) is 1.48. The van der Waals surface area contributed by atoms with Crippen LogP contribution < -0.4 is 10.1 Å². The summed E-state index contributed by atoms with van der Waals surface area (Å²) in [4.78, 5) is 19.8. The minimum Gasteiger partial charge on any atom is -0.492 e. The van der Waals surface area contributed by atoms with Gasteiger partial charge < -0.3 is 15.0 Å². The molecule has 0 spiro atoms. The molecule has 0 saturated heterocycles. The highest BCUT2D eigenvalue weighted by molar-refractivity contribution is 6.24. The van der Waals surface area contributed by atoms with Gasteiger partial charge in [-0.3, -0.25) is 9.79 Å². The number of carbonyl (C=O) groups excluding carboxylic acids is 1. The van der Waals surface area contributed by atoms with E-state index in [1.165, 1.54) is 0 Å². The Morgan fingerprint density at radius 1 is 0.967 bits per heavy atom. The van der Waals surface area contributed by atoms with Gasteiger partial charge in [0, 0.05) is 12.2 Å². The molecule has 152 valence electrons. The fourth-order valence-corrected chi connectivity index (χ4v) is 3.49.